The summed E-state index contributed by atoms with van der Waals surface area (Å²) in [6, 6.07) is 61.4. The lowest BCUT2D eigenvalue weighted by Gasteiger charge is -2.33. The van der Waals surface area contributed by atoms with Crippen molar-refractivity contribution in [2.45, 2.75) is 25.7 Å². The summed E-state index contributed by atoms with van der Waals surface area (Å²) in [5.41, 5.74) is 15.3. The van der Waals surface area contributed by atoms with Crippen LogP contribution in [0.5, 0.6) is 0 Å². The van der Waals surface area contributed by atoms with Crippen molar-refractivity contribution in [1.82, 2.24) is 19.6 Å². The number of benzene rings is 7. The van der Waals surface area contributed by atoms with Gasteiger partial charge in [0.15, 0.2) is 0 Å². The molecular weight excluding hydrogens is 695 g/mol. The molecule has 5 nitrogen and oxygen atoms in total. The van der Waals surface area contributed by atoms with Crippen LogP contribution in [0.4, 0.5) is 0 Å². The summed E-state index contributed by atoms with van der Waals surface area (Å²) in [6.07, 6.45) is 11.7. The lowest BCUT2D eigenvalue weighted by molar-refractivity contribution is 0.202. The molecular formula is C52H41N5. The maximum atomic E-state index is 5.25. The Kier molecular flexibility index (Phi) is 7.92. The van der Waals surface area contributed by atoms with Crippen LogP contribution < -0.4 is 5.43 Å². The molecule has 1 saturated heterocycles. The molecule has 0 spiro atoms. The van der Waals surface area contributed by atoms with Crippen LogP contribution in [-0.4, -0.2) is 26.5 Å². The van der Waals surface area contributed by atoms with Crippen molar-refractivity contribution < 1.29 is 0 Å². The Morgan fingerprint density at radius 2 is 1.25 bits per heavy atom. The van der Waals surface area contributed by atoms with Crippen LogP contribution >= 0.6 is 0 Å². The van der Waals surface area contributed by atoms with Crippen molar-refractivity contribution in [2.24, 2.45) is 10.4 Å². The highest BCUT2D eigenvalue weighted by Gasteiger charge is 2.47. The molecule has 2 aromatic heterocycles. The lowest BCUT2D eigenvalue weighted by atomic mass is 9.80. The van der Waals surface area contributed by atoms with Gasteiger partial charge in [-0.2, -0.15) is 5.01 Å². The van der Waals surface area contributed by atoms with Crippen LogP contribution in [0, 0.1) is 5.41 Å². The molecule has 5 heteroatoms. The molecule has 0 amide bonds. The lowest BCUT2D eigenvalue weighted by Crippen LogP contribution is -2.37. The number of fused-ring (bicyclic) bond motifs is 6. The number of para-hydroxylation sites is 2. The molecule has 1 fully saturated rings. The molecule has 0 saturated carbocycles. The first-order chi connectivity index (χ1) is 28.1. The SMILES string of the molecule is CC1(C(/N=C/c2ccccc2)N2NC2c2cccc(-n3c4cc(-c5ccccc5)ccc4c4cc5c6ccccc6n(-c6ccccc6)c5cc43)c2)C=CC=CC1. The maximum absolute atomic E-state index is 5.25. The van der Waals surface area contributed by atoms with Gasteiger partial charge in [-0.05, 0) is 77.2 Å². The van der Waals surface area contributed by atoms with Crippen LogP contribution in [-0.2, 0) is 0 Å². The summed E-state index contributed by atoms with van der Waals surface area (Å²) in [7, 11) is 0. The molecule has 0 bridgehead atoms. The summed E-state index contributed by atoms with van der Waals surface area (Å²) >= 11 is 0. The highest BCUT2D eigenvalue weighted by atomic mass is 15.8. The summed E-state index contributed by atoms with van der Waals surface area (Å²) in [5, 5.41) is 7.30. The van der Waals surface area contributed by atoms with Gasteiger partial charge in [0.25, 0.3) is 0 Å². The Labute approximate surface area is 332 Å². The van der Waals surface area contributed by atoms with E-state index in [9.17, 15) is 0 Å². The first-order valence-electron chi connectivity index (χ1n) is 19.8. The molecule has 3 heterocycles. The third-order valence-corrected chi connectivity index (χ3v) is 11.9. The third kappa shape index (κ3) is 5.74. The van der Waals surface area contributed by atoms with E-state index >= 15 is 0 Å². The van der Waals surface area contributed by atoms with Gasteiger partial charge >= 0.3 is 0 Å². The molecule has 11 rings (SSSR count). The molecule has 4 unspecified atom stereocenters. The van der Waals surface area contributed by atoms with Crippen molar-refractivity contribution in [1.29, 1.82) is 0 Å². The topological polar surface area (TPSA) is 47.2 Å². The molecule has 57 heavy (non-hydrogen) atoms. The predicted octanol–water partition coefficient (Wildman–Crippen LogP) is 12.3. The second kappa shape index (κ2) is 13.5. The molecule has 4 atom stereocenters. The average molecular weight is 736 g/mol. The fourth-order valence-corrected chi connectivity index (χ4v) is 9.00. The van der Waals surface area contributed by atoms with Crippen molar-refractivity contribution >= 4 is 49.8 Å². The van der Waals surface area contributed by atoms with E-state index in [1.165, 1.54) is 60.3 Å². The van der Waals surface area contributed by atoms with Crippen LogP contribution in [0.2, 0.25) is 0 Å². The quantitative estimate of drug-likeness (QED) is 0.125. The van der Waals surface area contributed by atoms with E-state index in [1.54, 1.807) is 0 Å². The number of hydrogen-bond acceptors (Lipinski definition) is 3. The van der Waals surface area contributed by atoms with Gasteiger partial charge in [0, 0.05) is 44.5 Å². The third-order valence-electron chi connectivity index (χ3n) is 11.9. The molecule has 7 aromatic carbocycles. The zero-order valence-electron chi connectivity index (χ0n) is 31.7. The predicted molar refractivity (Wildman–Crippen MR) is 237 cm³/mol. The van der Waals surface area contributed by atoms with Gasteiger partial charge in [-0.1, -0.05) is 153 Å². The second-order valence-corrected chi connectivity index (χ2v) is 15.6. The van der Waals surface area contributed by atoms with Crippen LogP contribution in [0.15, 0.2) is 199 Å². The Hall–Kier alpha value is -6.79. The van der Waals surface area contributed by atoms with Gasteiger partial charge in [0.1, 0.15) is 12.3 Å². The number of nitrogens with one attached hydrogen (secondary N) is 1. The van der Waals surface area contributed by atoms with Crippen LogP contribution in [0.1, 0.15) is 30.6 Å². The average Bonchev–Trinajstić information content (AvgIpc) is 3.90. The van der Waals surface area contributed by atoms with Gasteiger partial charge in [0.05, 0.1) is 22.1 Å². The van der Waals surface area contributed by atoms with E-state index in [2.05, 4.69) is 215 Å². The molecule has 1 N–H and O–H groups in total. The molecule has 1 aliphatic carbocycles. The molecule has 2 aliphatic rings. The minimum atomic E-state index is -0.164. The number of allylic oxidation sites excluding steroid dienone is 3. The normalized spacial score (nSPS) is 19.7. The van der Waals surface area contributed by atoms with Gasteiger partial charge in [-0.3, -0.25) is 4.99 Å². The summed E-state index contributed by atoms with van der Waals surface area (Å²) in [5.74, 6) is 0. The van der Waals surface area contributed by atoms with Crippen molar-refractivity contribution in [3.8, 4) is 22.5 Å². The van der Waals surface area contributed by atoms with Crippen LogP contribution in [0.25, 0.3) is 66.1 Å². The van der Waals surface area contributed by atoms with Crippen molar-refractivity contribution in [3.05, 3.63) is 205 Å². The minimum Gasteiger partial charge on any atom is -0.309 e. The van der Waals surface area contributed by atoms with Crippen molar-refractivity contribution in [2.75, 3.05) is 0 Å². The van der Waals surface area contributed by atoms with E-state index in [0.29, 0.717) is 0 Å². The van der Waals surface area contributed by atoms with Crippen LogP contribution in [0.3, 0.4) is 0 Å². The summed E-state index contributed by atoms with van der Waals surface area (Å²) in [6.45, 7) is 2.31. The fourth-order valence-electron chi connectivity index (χ4n) is 9.00. The number of aromatic nitrogens is 2. The monoisotopic (exact) mass is 735 g/mol. The second-order valence-electron chi connectivity index (χ2n) is 15.6. The van der Waals surface area contributed by atoms with Crippen molar-refractivity contribution in [3.63, 3.8) is 0 Å². The molecule has 274 valence electrons. The first-order valence-corrected chi connectivity index (χ1v) is 19.8. The number of nitrogens with zero attached hydrogens (tertiary/aromatic N) is 4. The molecule has 0 radical (unpaired) electrons. The van der Waals surface area contributed by atoms with Gasteiger partial charge in [-0.25, -0.2) is 5.43 Å². The Bertz CT molecular complexity index is 3040. The van der Waals surface area contributed by atoms with Gasteiger partial charge < -0.3 is 9.13 Å². The van der Waals surface area contributed by atoms with E-state index < -0.39 is 0 Å². The summed E-state index contributed by atoms with van der Waals surface area (Å²) < 4.78 is 4.89. The van der Waals surface area contributed by atoms with E-state index in [4.69, 9.17) is 4.99 Å². The molecule has 1 aliphatic heterocycles. The first kappa shape index (κ1) is 33.5. The number of hydrogen-bond donors (Lipinski definition) is 1. The number of rotatable bonds is 8. The Morgan fingerprint density at radius 3 is 2.02 bits per heavy atom. The highest BCUT2D eigenvalue weighted by molar-refractivity contribution is 6.19. The highest BCUT2D eigenvalue weighted by Crippen LogP contribution is 2.44. The number of aliphatic imine (C=N–C) groups is 1. The largest absolute Gasteiger partial charge is 0.309 e. The van der Waals surface area contributed by atoms with Gasteiger partial charge in [0.2, 0.25) is 0 Å². The van der Waals surface area contributed by atoms with E-state index in [0.717, 1.165) is 23.4 Å². The maximum Gasteiger partial charge on any atom is 0.126 e. The van der Waals surface area contributed by atoms with E-state index in [1.807, 2.05) is 12.3 Å². The Balaban J connectivity index is 1.08. The fraction of sp³-hybridized carbons (Fsp3) is 0.0962. The summed E-state index contributed by atoms with van der Waals surface area (Å²) in [4.78, 5) is 5.25. The standard InChI is InChI=1S/C52H41N5/c1-52(29-14-5-15-30-52)51(53-35-36-17-6-2-7-18-36)57-50(54-57)39-21-16-24-41(31-39)56-47-32-38(37-19-8-3-9-20-37)27-28-43(47)45-33-44-42-25-12-13-26-46(42)55(48(44)34-49(45)56)40-22-10-4-11-23-40/h2-29,31-35,50-51,54H,30H2,1H3/b53-35+. The molecule has 9 aromatic rings. The Morgan fingerprint density at radius 1 is 0.579 bits per heavy atom. The smallest absolute Gasteiger partial charge is 0.126 e. The van der Waals surface area contributed by atoms with E-state index in [-0.39, 0.29) is 17.7 Å². The zero-order valence-corrected chi connectivity index (χ0v) is 31.7. The van der Waals surface area contributed by atoms with Gasteiger partial charge in [-0.15, -0.1) is 0 Å². The zero-order chi connectivity index (χ0) is 37.9. The minimum absolute atomic E-state index is 0.0271. The number of hydrazine groups is 1.